The van der Waals surface area contributed by atoms with Crippen LogP contribution in [-0.2, 0) is 11.3 Å². The largest absolute Gasteiger partial charge is 0.445 e. The molecular weight excluding hydrogens is 266 g/mol. The van der Waals surface area contributed by atoms with Crippen LogP contribution in [0.2, 0.25) is 0 Å². The zero-order chi connectivity index (χ0) is 14.5. The van der Waals surface area contributed by atoms with Gasteiger partial charge in [-0.05, 0) is 18.4 Å². The zero-order valence-corrected chi connectivity index (χ0v) is 12.3. The van der Waals surface area contributed by atoms with Crippen LogP contribution in [0.1, 0.15) is 18.4 Å². The van der Waals surface area contributed by atoms with Gasteiger partial charge in [0.25, 0.3) is 0 Å². The minimum atomic E-state index is -0.197. The lowest BCUT2D eigenvalue weighted by atomic mass is 9.86. The van der Waals surface area contributed by atoms with E-state index in [9.17, 15) is 4.79 Å². The Labute approximate surface area is 125 Å². The molecule has 2 aliphatic heterocycles. The summed E-state index contributed by atoms with van der Waals surface area (Å²) >= 11 is 0. The molecule has 0 aromatic heterocycles. The molecule has 0 saturated carbocycles. The van der Waals surface area contributed by atoms with Gasteiger partial charge < -0.3 is 20.3 Å². The highest BCUT2D eigenvalue weighted by molar-refractivity contribution is 5.67. The molecule has 0 radical (unpaired) electrons. The molecule has 114 valence electrons. The molecule has 2 heterocycles. The SMILES string of the molecule is O=C(OCc1ccccc1)N1CCC2(CC1)CNCCN2. The number of carbonyl (C=O) groups is 1. The highest BCUT2D eigenvalue weighted by Crippen LogP contribution is 2.23. The first-order chi connectivity index (χ1) is 10.3. The van der Waals surface area contributed by atoms with Crippen molar-refractivity contribution in [2.45, 2.75) is 25.0 Å². The standard InChI is InChI=1S/C16H23N3O2/c20-15(21-12-14-4-2-1-3-5-14)19-10-6-16(7-11-19)13-17-8-9-18-16/h1-5,17-18H,6-13H2. The number of carbonyl (C=O) groups excluding carboxylic acids is 1. The monoisotopic (exact) mass is 289 g/mol. The van der Waals surface area contributed by atoms with E-state index in [2.05, 4.69) is 10.6 Å². The van der Waals surface area contributed by atoms with Crippen molar-refractivity contribution in [3.8, 4) is 0 Å². The van der Waals surface area contributed by atoms with Gasteiger partial charge in [0.15, 0.2) is 0 Å². The molecule has 21 heavy (non-hydrogen) atoms. The maximum Gasteiger partial charge on any atom is 0.410 e. The molecule has 0 unspecified atom stereocenters. The zero-order valence-electron chi connectivity index (χ0n) is 12.3. The van der Waals surface area contributed by atoms with Gasteiger partial charge in [-0.2, -0.15) is 0 Å². The Kier molecular flexibility index (Phi) is 4.41. The smallest absolute Gasteiger partial charge is 0.410 e. The second kappa shape index (κ2) is 6.45. The van der Waals surface area contributed by atoms with Crippen molar-refractivity contribution in [3.05, 3.63) is 35.9 Å². The number of piperidine rings is 1. The van der Waals surface area contributed by atoms with Crippen molar-refractivity contribution in [2.75, 3.05) is 32.7 Å². The van der Waals surface area contributed by atoms with Crippen LogP contribution in [0.15, 0.2) is 30.3 Å². The Hall–Kier alpha value is -1.59. The van der Waals surface area contributed by atoms with Gasteiger partial charge in [-0.1, -0.05) is 30.3 Å². The molecule has 1 aromatic rings. The number of rotatable bonds is 2. The molecule has 2 fully saturated rings. The Morgan fingerprint density at radius 3 is 2.62 bits per heavy atom. The number of ether oxygens (including phenoxy) is 1. The van der Waals surface area contributed by atoms with Gasteiger partial charge in [-0.25, -0.2) is 4.79 Å². The van der Waals surface area contributed by atoms with Crippen molar-refractivity contribution in [1.82, 2.24) is 15.5 Å². The summed E-state index contributed by atoms with van der Waals surface area (Å²) < 4.78 is 5.39. The lowest BCUT2D eigenvalue weighted by Crippen LogP contribution is -2.63. The number of hydrogen-bond acceptors (Lipinski definition) is 4. The number of amides is 1. The Morgan fingerprint density at radius 1 is 1.19 bits per heavy atom. The molecule has 1 amide bonds. The van der Waals surface area contributed by atoms with Crippen LogP contribution >= 0.6 is 0 Å². The van der Waals surface area contributed by atoms with Gasteiger partial charge in [0.05, 0.1) is 0 Å². The summed E-state index contributed by atoms with van der Waals surface area (Å²) in [5.41, 5.74) is 1.20. The lowest BCUT2D eigenvalue weighted by molar-refractivity contribution is 0.0692. The minimum absolute atomic E-state index is 0.175. The van der Waals surface area contributed by atoms with Crippen LogP contribution in [0, 0.1) is 0 Å². The van der Waals surface area contributed by atoms with Crippen LogP contribution in [0.3, 0.4) is 0 Å². The van der Waals surface area contributed by atoms with E-state index in [1.54, 1.807) is 0 Å². The molecule has 2 aliphatic rings. The van der Waals surface area contributed by atoms with Gasteiger partial charge in [0.1, 0.15) is 6.61 Å². The first kappa shape index (κ1) is 14.4. The third-order valence-corrected chi connectivity index (χ3v) is 4.45. The van der Waals surface area contributed by atoms with Crippen molar-refractivity contribution < 1.29 is 9.53 Å². The fourth-order valence-corrected chi connectivity index (χ4v) is 3.09. The summed E-state index contributed by atoms with van der Waals surface area (Å²) in [6, 6.07) is 9.80. The maximum absolute atomic E-state index is 12.1. The first-order valence-electron chi connectivity index (χ1n) is 7.69. The summed E-state index contributed by atoms with van der Waals surface area (Å²) in [6.45, 7) is 4.93. The Morgan fingerprint density at radius 2 is 1.95 bits per heavy atom. The second-order valence-corrected chi connectivity index (χ2v) is 5.91. The highest BCUT2D eigenvalue weighted by atomic mass is 16.6. The summed E-state index contributed by atoms with van der Waals surface area (Å²) in [7, 11) is 0. The summed E-state index contributed by atoms with van der Waals surface area (Å²) in [4.78, 5) is 13.9. The molecule has 0 aliphatic carbocycles. The number of nitrogens with one attached hydrogen (secondary N) is 2. The predicted molar refractivity (Wildman–Crippen MR) is 81.0 cm³/mol. The molecule has 1 spiro atoms. The van der Waals surface area contributed by atoms with E-state index in [1.165, 1.54) is 0 Å². The molecule has 0 bridgehead atoms. The number of nitrogens with zero attached hydrogens (tertiary/aromatic N) is 1. The molecule has 2 saturated heterocycles. The molecule has 1 aromatic carbocycles. The summed E-state index contributed by atoms with van der Waals surface area (Å²) in [6.07, 6.45) is 1.78. The van der Waals surface area contributed by atoms with E-state index in [-0.39, 0.29) is 11.6 Å². The maximum atomic E-state index is 12.1. The number of hydrogen-bond donors (Lipinski definition) is 2. The van der Waals surface area contributed by atoms with Crippen LogP contribution in [0.25, 0.3) is 0 Å². The van der Waals surface area contributed by atoms with Gasteiger partial charge in [0, 0.05) is 38.3 Å². The van der Waals surface area contributed by atoms with E-state index < -0.39 is 0 Å². The van der Waals surface area contributed by atoms with Crippen molar-refractivity contribution >= 4 is 6.09 Å². The number of piperazine rings is 1. The number of likely N-dealkylation sites (tertiary alicyclic amines) is 1. The van der Waals surface area contributed by atoms with E-state index in [0.717, 1.165) is 51.1 Å². The molecule has 2 N–H and O–H groups in total. The average molecular weight is 289 g/mol. The van der Waals surface area contributed by atoms with E-state index >= 15 is 0 Å². The Bertz CT molecular complexity index is 462. The van der Waals surface area contributed by atoms with Gasteiger partial charge in [0.2, 0.25) is 0 Å². The first-order valence-corrected chi connectivity index (χ1v) is 7.69. The van der Waals surface area contributed by atoms with Crippen LogP contribution in [0.5, 0.6) is 0 Å². The number of benzene rings is 1. The lowest BCUT2D eigenvalue weighted by Gasteiger charge is -2.44. The predicted octanol–water partition coefficient (Wildman–Crippen LogP) is 1.35. The third kappa shape index (κ3) is 3.54. The highest BCUT2D eigenvalue weighted by Gasteiger charge is 2.36. The third-order valence-electron chi connectivity index (χ3n) is 4.45. The van der Waals surface area contributed by atoms with Crippen molar-refractivity contribution in [1.29, 1.82) is 0 Å². The fraction of sp³-hybridized carbons (Fsp3) is 0.562. The van der Waals surface area contributed by atoms with Crippen molar-refractivity contribution in [2.24, 2.45) is 0 Å². The molecule has 5 heteroatoms. The second-order valence-electron chi connectivity index (χ2n) is 5.91. The molecule has 0 atom stereocenters. The van der Waals surface area contributed by atoms with Crippen LogP contribution < -0.4 is 10.6 Å². The van der Waals surface area contributed by atoms with Gasteiger partial charge in [-0.15, -0.1) is 0 Å². The minimum Gasteiger partial charge on any atom is -0.445 e. The summed E-state index contributed by atoms with van der Waals surface area (Å²) in [5, 5.41) is 7.05. The molecular formula is C16H23N3O2. The topological polar surface area (TPSA) is 53.6 Å². The molecule has 5 nitrogen and oxygen atoms in total. The van der Waals surface area contributed by atoms with Crippen molar-refractivity contribution in [3.63, 3.8) is 0 Å². The molecule has 3 rings (SSSR count). The quantitative estimate of drug-likeness (QED) is 0.863. The summed E-state index contributed by atoms with van der Waals surface area (Å²) in [5.74, 6) is 0. The van der Waals surface area contributed by atoms with E-state index in [4.69, 9.17) is 4.74 Å². The normalized spacial score (nSPS) is 21.2. The Balaban J connectivity index is 1.46. The van der Waals surface area contributed by atoms with Gasteiger partial charge >= 0.3 is 6.09 Å². The fourth-order valence-electron chi connectivity index (χ4n) is 3.09. The average Bonchev–Trinajstić information content (AvgIpc) is 2.55. The van der Waals surface area contributed by atoms with Crippen LogP contribution in [-0.4, -0.2) is 49.3 Å². The van der Waals surface area contributed by atoms with E-state index in [1.807, 2.05) is 35.2 Å². The van der Waals surface area contributed by atoms with E-state index in [0.29, 0.717) is 6.61 Å². The van der Waals surface area contributed by atoms with Gasteiger partial charge in [-0.3, -0.25) is 0 Å². The van der Waals surface area contributed by atoms with Crippen LogP contribution in [0.4, 0.5) is 4.79 Å².